The number of aromatic nitrogens is 2. The average molecular weight is 370 g/mol. The van der Waals surface area contributed by atoms with Crippen LogP contribution in [0.3, 0.4) is 0 Å². The van der Waals surface area contributed by atoms with Gasteiger partial charge in [-0.3, -0.25) is 9.48 Å². The van der Waals surface area contributed by atoms with Gasteiger partial charge in [-0.05, 0) is 48.4 Å². The zero-order valence-electron chi connectivity index (χ0n) is 17.2. The Morgan fingerprint density at radius 1 is 1.22 bits per heavy atom. The standard InChI is InChI=1S/C22H31N3O2/c1-16-19-12-13-25(15-20(19)24(5)23-16)21(26)7-6-14-27-18-10-8-17(9-11-18)22(2,3)4/h8-11H,6-7,12-15H2,1-5H3. The highest BCUT2D eigenvalue weighted by molar-refractivity contribution is 5.76. The second-order valence-corrected chi connectivity index (χ2v) is 8.43. The van der Waals surface area contributed by atoms with Crippen LogP contribution in [-0.4, -0.2) is 33.7 Å². The molecule has 1 aliphatic rings. The Labute approximate surface area is 162 Å². The van der Waals surface area contributed by atoms with Crippen molar-refractivity contribution in [1.82, 2.24) is 14.7 Å². The molecular formula is C22H31N3O2. The topological polar surface area (TPSA) is 47.4 Å². The molecule has 27 heavy (non-hydrogen) atoms. The first-order valence-corrected chi connectivity index (χ1v) is 9.78. The number of carbonyl (C=O) groups is 1. The summed E-state index contributed by atoms with van der Waals surface area (Å²) in [6.07, 6.45) is 2.15. The van der Waals surface area contributed by atoms with Crippen LogP contribution in [0.1, 0.15) is 56.1 Å². The molecule has 0 bridgehead atoms. The number of hydrogen-bond donors (Lipinski definition) is 0. The van der Waals surface area contributed by atoms with Crippen molar-refractivity contribution in [3.05, 3.63) is 46.8 Å². The number of hydrogen-bond acceptors (Lipinski definition) is 3. The van der Waals surface area contributed by atoms with Gasteiger partial charge in [0.2, 0.25) is 5.91 Å². The maximum atomic E-state index is 12.5. The van der Waals surface area contributed by atoms with E-state index in [1.165, 1.54) is 16.8 Å². The zero-order chi connectivity index (χ0) is 19.6. The van der Waals surface area contributed by atoms with Crippen molar-refractivity contribution in [3.63, 3.8) is 0 Å². The van der Waals surface area contributed by atoms with Gasteiger partial charge in [0.25, 0.3) is 0 Å². The smallest absolute Gasteiger partial charge is 0.223 e. The maximum Gasteiger partial charge on any atom is 0.223 e. The van der Waals surface area contributed by atoms with Gasteiger partial charge in [-0.25, -0.2) is 0 Å². The molecule has 3 rings (SSSR count). The van der Waals surface area contributed by atoms with Gasteiger partial charge in [0, 0.05) is 20.0 Å². The molecule has 2 aromatic rings. The third-order valence-corrected chi connectivity index (χ3v) is 5.32. The fraction of sp³-hybridized carbons (Fsp3) is 0.545. The molecule has 1 aromatic carbocycles. The molecule has 0 spiro atoms. The quantitative estimate of drug-likeness (QED) is 0.754. The highest BCUT2D eigenvalue weighted by Crippen LogP contribution is 2.25. The maximum absolute atomic E-state index is 12.5. The number of fused-ring (bicyclic) bond motifs is 1. The lowest BCUT2D eigenvalue weighted by molar-refractivity contribution is -0.132. The molecule has 0 radical (unpaired) electrons. The van der Waals surface area contributed by atoms with Gasteiger partial charge in [-0.1, -0.05) is 32.9 Å². The zero-order valence-corrected chi connectivity index (χ0v) is 17.2. The summed E-state index contributed by atoms with van der Waals surface area (Å²) in [4.78, 5) is 14.5. The molecular weight excluding hydrogens is 338 g/mol. The highest BCUT2D eigenvalue weighted by Gasteiger charge is 2.24. The lowest BCUT2D eigenvalue weighted by Crippen LogP contribution is -2.36. The first-order valence-electron chi connectivity index (χ1n) is 9.78. The van der Waals surface area contributed by atoms with Crippen LogP contribution in [0.15, 0.2) is 24.3 Å². The van der Waals surface area contributed by atoms with Crippen LogP contribution < -0.4 is 4.74 Å². The second kappa shape index (κ2) is 7.75. The number of benzene rings is 1. The summed E-state index contributed by atoms with van der Waals surface area (Å²) in [7, 11) is 1.96. The Kier molecular flexibility index (Phi) is 5.59. The van der Waals surface area contributed by atoms with E-state index in [1.807, 2.05) is 35.7 Å². The molecule has 0 saturated heterocycles. The predicted molar refractivity (Wildman–Crippen MR) is 107 cm³/mol. The van der Waals surface area contributed by atoms with E-state index in [1.54, 1.807) is 0 Å². The number of ether oxygens (including phenoxy) is 1. The van der Waals surface area contributed by atoms with Gasteiger partial charge in [-0.2, -0.15) is 5.10 Å². The summed E-state index contributed by atoms with van der Waals surface area (Å²) < 4.78 is 7.72. The molecule has 1 aliphatic heterocycles. The summed E-state index contributed by atoms with van der Waals surface area (Å²) in [6, 6.07) is 8.25. The van der Waals surface area contributed by atoms with Gasteiger partial charge in [0.05, 0.1) is 24.5 Å². The third kappa shape index (κ3) is 4.52. The van der Waals surface area contributed by atoms with Crippen molar-refractivity contribution in [2.45, 2.75) is 58.9 Å². The molecule has 0 fully saturated rings. The first-order chi connectivity index (χ1) is 12.8. The van der Waals surface area contributed by atoms with Gasteiger partial charge in [0.15, 0.2) is 0 Å². The third-order valence-electron chi connectivity index (χ3n) is 5.32. The lowest BCUT2D eigenvalue weighted by Gasteiger charge is -2.27. The van der Waals surface area contributed by atoms with Gasteiger partial charge < -0.3 is 9.64 Å². The van der Waals surface area contributed by atoms with Crippen LogP contribution in [0, 0.1) is 6.92 Å². The molecule has 1 amide bonds. The van der Waals surface area contributed by atoms with E-state index in [0.717, 1.165) is 30.8 Å². The summed E-state index contributed by atoms with van der Waals surface area (Å²) in [5, 5.41) is 4.48. The minimum atomic E-state index is 0.145. The van der Waals surface area contributed by atoms with E-state index < -0.39 is 0 Å². The summed E-state index contributed by atoms with van der Waals surface area (Å²) >= 11 is 0. The predicted octanol–water partition coefficient (Wildman–Crippen LogP) is 3.77. The highest BCUT2D eigenvalue weighted by atomic mass is 16.5. The molecule has 5 heteroatoms. The van der Waals surface area contributed by atoms with Crippen LogP contribution in [0.2, 0.25) is 0 Å². The van der Waals surface area contributed by atoms with Crippen molar-refractivity contribution >= 4 is 5.91 Å². The van der Waals surface area contributed by atoms with Crippen molar-refractivity contribution < 1.29 is 9.53 Å². The molecule has 0 atom stereocenters. The fourth-order valence-electron chi connectivity index (χ4n) is 3.61. The average Bonchev–Trinajstić information content (AvgIpc) is 2.92. The van der Waals surface area contributed by atoms with E-state index in [4.69, 9.17) is 4.74 Å². The summed E-state index contributed by atoms with van der Waals surface area (Å²) in [6.45, 7) is 10.7. The van der Waals surface area contributed by atoms with Crippen LogP contribution in [0.5, 0.6) is 5.75 Å². The van der Waals surface area contributed by atoms with Crippen LogP contribution in [-0.2, 0) is 30.2 Å². The first kappa shape index (κ1) is 19.5. The van der Waals surface area contributed by atoms with Gasteiger partial charge >= 0.3 is 0 Å². The van der Waals surface area contributed by atoms with E-state index >= 15 is 0 Å². The Morgan fingerprint density at radius 3 is 2.59 bits per heavy atom. The molecule has 0 unspecified atom stereocenters. The van der Waals surface area contributed by atoms with Crippen LogP contribution in [0.4, 0.5) is 0 Å². The molecule has 146 valence electrons. The Bertz CT molecular complexity index is 800. The monoisotopic (exact) mass is 369 g/mol. The number of rotatable bonds is 5. The second-order valence-electron chi connectivity index (χ2n) is 8.43. The van der Waals surface area contributed by atoms with Crippen molar-refractivity contribution in [2.75, 3.05) is 13.2 Å². The van der Waals surface area contributed by atoms with Crippen LogP contribution in [0.25, 0.3) is 0 Å². The van der Waals surface area contributed by atoms with E-state index in [-0.39, 0.29) is 11.3 Å². The normalized spacial score (nSPS) is 14.2. The SMILES string of the molecule is Cc1nn(C)c2c1CCN(C(=O)CCCOc1ccc(C(C)(C)C)cc1)C2. The minimum Gasteiger partial charge on any atom is -0.494 e. The van der Waals surface area contributed by atoms with Crippen molar-refractivity contribution in [1.29, 1.82) is 0 Å². The van der Waals surface area contributed by atoms with Gasteiger partial charge in [0.1, 0.15) is 5.75 Å². The number of nitrogens with zero attached hydrogens (tertiary/aromatic N) is 3. The largest absolute Gasteiger partial charge is 0.494 e. The van der Waals surface area contributed by atoms with Crippen LogP contribution >= 0.6 is 0 Å². The summed E-state index contributed by atoms with van der Waals surface area (Å²) in [5.74, 6) is 1.06. The Morgan fingerprint density at radius 2 is 1.93 bits per heavy atom. The fourth-order valence-corrected chi connectivity index (χ4v) is 3.61. The van der Waals surface area contributed by atoms with E-state index in [0.29, 0.717) is 19.6 Å². The minimum absolute atomic E-state index is 0.145. The number of carbonyl (C=O) groups excluding carboxylic acids is 1. The molecule has 2 heterocycles. The van der Waals surface area contributed by atoms with E-state index in [9.17, 15) is 4.79 Å². The van der Waals surface area contributed by atoms with Crippen molar-refractivity contribution in [2.24, 2.45) is 7.05 Å². The number of amides is 1. The lowest BCUT2D eigenvalue weighted by atomic mass is 9.87. The Hall–Kier alpha value is -2.30. The number of aryl methyl sites for hydroxylation is 2. The molecule has 5 nitrogen and oxygen atoms in total. The van der Waals surface area contributed by atoms with Crippen molar-refractivity contribution in [3.8, 4) is 5.75 Å². The molecule has 0 saturated carbocycles. The molecule has 0 N–H and O–H groups in total. The Balaban J connectivity index is 1.44. The summed E-state index contributed by atoms with van der Waals surface area (Å²) in [5.41, 5.74) is 5.00. The van der Waals surface area contributed by atoms with Gasteiger partial charge in [-0.15, -0.1) is 0 Å². The molecule has 1 aromatic heterocycles. The van der Waals surface area contributed by atoms with E-state index in [2.05, 4.69) is 38.0 Å². The molecule has 0 aliphatic carbocycles.